The van der Waals surface area contributed by atoms with E-state index in [1.165, 1.54) is 14.2 Å². The van der Waals surface area contributed by atoms with Crippen molar-refractivity contribution < 1.29 is 62.2 Å². The molecule has 1 atom stereocenters. The van der Waals surface area contributed by atoms with Crippen LogP contribution < -0.4 is 0 Å². The van der Waals surface area contributed by atoms with Gasteiger partial charge in [-0.1, -0.05) is 0 Å². The highest BCUT2D eigenvalue weighted by Gasteiger charge is 2.23. The summed E-state index contributed by atoms with van der Waals surface area (Å²) in [4.78, 5) is 38.7. The molecule has 1 aliphatic rings. The molecule has 2 N–H and O–H groups in total. The van der Waals surface area contributed by atoms with Crippen LogP contribution in [0, 0.1) is 0 Å². The summed E-state index contributed by atoms with van der Waals surface area (Å²) in [6, 6.07) is 0. The van der Waals surface area contributed by atoms with Crippen molar-refractivity contribution in [3.8, 4) is 0 Å². The van der Waals surface area contributed by atoms with Crippen LogP contribution in [0.25, 0.3) is 0 Å². The predicted octanol–water partition coefficient (Wildman–Crippen LogP) is 1.22. The smallest absolute Gasteiger partial charge is 0.450 e. The number of rotatable bonds is 3. The van der Waals surface area contributed by atoms with Gasteiger partial charge in [-0.05, 0) is 0 Å². The van der Waals surface area contributed by atoms with Gasteiger partial charge in [-0.25, -0.2) is 19.2 Å². The Morgan fingerprint density at radius 2 is 1.57 bits per heavy atom. The van der Waals surface area contributed by atoms with Gasteiger partial charge in [-0.2, -0.15) is 4.39 Å². The van der Waals surface area contributed by atoms with E-state index in [0.717, 1.165) is 0 Å². The predicted molar refractivity (Wildman–Crippen MR) is 64.7 cm³/mol. The number of ether oxygens (including phenoxy) is 6. The first-order valence-corrected chi connectivity index (χ1v) is 5.53. The molecule has 13 heteroatoms. The third-order valence-corrected chi connectivity index (χ3v) is 1.42. The highest BCUT2D eigenvalue weighted by atomic mass is 19.1. The molecule has 1 unspecified atom stereocenters. The average Bonchev–Trinajstić information content (AvgIpc) is 2.87. The lowest BCUT2D eigenvalue weighted by molar-refractivity contribution is 0.0472. The monoisotopic (exact) mass is 346 g/mol. The summed E-state index contributed by atoms with van der Waals surface area (Å²) in [5, 5.41) is 15.7. The molecule has 12 nitrogen and oxygen atoms in total. The largest absolute Gasteiger partial charge is 0.511 e. The topological polar surface area (TPSA) is 164 Å². The Labute approximate surface area is 128 Å². The van der Waals surface area contributed by atoms with E-state index in [2.05, 4.69) is 28.4 Å². The number of halogens is 1. The molecule has 0 aliphatic carbocycles. The minimum absolute atomic E-state index is 0.265. The van der Waals surface area contributed by atoms with Gasteiger partial charge in [-0.3, -0.25) is 0 Å². The van der Waals surface area contributed by atoms with Crippen LogP contribution in [0.15, 0.2) is 0 Å². The maximum absolute atomic E-state index is 11.6. The van der Waals surface area contributed by atoms with Crippen molar-refractivity contribution in [2.24, 2.45) is 0 Å². The van der Waals surface area contributed by atoms with E-state index in [1.54, 1.807) is 0 Å². The molecule has 1 heterocycles. The van der Waals surface area contributed by atoms with E-state index in [4.69, 9.17) is 10.2 Å². The van der Waals surface area contributed by atoms with Gasteiger partial charge in [0.25, 0.3) is 6.36 Å². The average molecular weight is 346 g/mol. The molecule has 0 aromatic carbocycles. The lowest BCUT2D eigenvalue weighted by atomic mass is 10.8. The molecule has 1 rings (SSSR count). The molecule has 23 heavy (non-hydrogen) atoms. The fraction of sp³-hybridized carbons (Fsp3) is 0.600. The van der Waals surface area contributed by atoms with E-state index in [9.17, 15) is 23.6 Å². The number of cyclic esters (lactones) is 2. The lowest BCUT2D eigenvalue weighted by Crippen LogP contribution is -2.10. The minimum atomic E-state index is -1.55. The standard InChI is InChI=1S/C4H6O6.C3H3FO3.C3H6O3/c5-3(6)9-1-2-10-4(7)8;4-2-1-6-3(5)7-2;1-5-3(4)6-2/h1-2H2,(H,5,6)(H,7,8);2H,1H2;1-2H3. The Morgan fingerprint density at radius 1 is 1.13 bits per heavy atom. The normalized spacial score (nSPS) is 14.4. The summed E-state index contributed by atoms with van der Waals surface area (Å²) in [7, 11) is 2.51. The second-order valence-corrected chi connectivity index (χ2v) is 2.98. The number of alkyl halides is 1. The van der Waals surface area contributed by atoms with Gasteiger partial charge < -0.3 is 38.6 Å². The molecule has 0 aromatic heterocycles. The Balaban J connectivity index is 0. The van der Waals surface area contributed by atoms with Gasteiger partial charge >= 0.3 is 24.6 Å². The van der Waals surface area contributed by atoms with Crippen LogP contribution in [0.2, 0.25) is 0 Å². The number of methoxy groups -OCH3 is 2. The Kier molecular flexibility index (Phi) is 13.5. The first-order valence-electron chi connectivity index (χ1n) is 5.53. The van der Waals surface area contributed by atoms with Crippen molar-refractivity contribution in [1.29, 1.82) is 0 Å². The highest BCUT2D eigenvalue weighted by Crippen LogP contribution is 2.05. The van der Waals surface area contributed by atoms with Gasteiger partial charge in [0.15, 0.2) is 6.61 Å². The Hall–Kier alpha value is -2.99. The summed E-state index contributed by atoms with van der Waals surface area (Å²) < 4.78 is 35.4. The van der Waals surface area contributed by atoms with E-state index in [1.807, 2.05) is 0 Å². The maximum Gasteiger partial charge on any atom is 0.511 e. The van der Waals surface area contributed by atoms with E-state index in [-0.39, 0.29) is 19.8 Å². The van der Waals surface area contributed by atoms with Gasteiger partial charge in [0.2, 0.25) is 0 Å². The fourth-order valence-corrected chi connectivity index (χ4v) is 0.647. The molecule has 1 fully saturated rings. The van der Waals surface area contributed by atoms with Crippen LogP contribution in [-0.2, 0) is 28.4 Å². The second-order valence-electron chi connectivity index (χ2n) is 2.98. The van der Waals surface area contributed by atoms with Crippen molar-refractivity contribution in [3.63, 3.8) is 0 Å². The maximum atomic E-state index is 11.6. The SMILES string of the molecule is COC(=O)OC.O=C(O)OCCOC(=O)O.O=C1OCC(F)O1. The number of carbonyl (C=O) groups is 4. The van der Waals surface area contributed by atoms with Crippen LogP contribution in [-0.4, -0.2) is 75.2 Å². The van der Waals surface area contributed by atoms with Crippen LogP contribution >= 0.6 is 0 Å². The molecule has 0 amide bonds. The molecule has 0 radical (unpaired) electrons. The number of hydrogen-bond acceptors (Lipinski definition) is 10. The van der Waals surface area contributed by atoms with Crippen molar-refractivity contribution >= 4 is 24.6 Å². The zero-order valence-corrected chi connectivity index (χ0v) is 12.1. The number of carboxylic acid groups (broad SMARTS) is 2. The summed E-state index contributed by atoms with van der Waals surface area (Å²) in [6.07, 6.45) is -6.03. The van der Waals surface area contributed by atoms with Crippen LogP contribution in [0.1, 0.15) is 0 Å². The summed E-state index contributed by atoms with van der Waals surface area (Å²) in [6.45, 7) is -0.817. The molecule has 1 saturated heterocycles. The summed E-state index contributed by atoms with van der Waals surface area (Å²) in [5.41, 5.74) is 0. The fourth-order valence-electron chi connectivity index (χ4n) is 0.647. The van der Waals surface area contributed by atoms with Gasteiger partial charge in [-0.15, -0.1) is 0 Å². The molecule has 134 valence electrons. The molecular weight excluding hydrogens is 331 g/mol. The molecule has 1 aliphatic heterocycles. The quantitative estimate of drug-likeness (QED) is 0.427. The highest BCUT2D eigenvalue weighted by molar-refractivity contribution is 5.61. The van der Waals surface area contributed by atoms with Crippen LogP contribution in [0.4, 0.5) is 23.6 Å². The molecule has 0 bridgehead atoms. The van der Waals surface area contributed by atoms with Crippen molar-refractivity contribution in [1.82, 2.24) is 0 Å². The minimum Gasteiger partial charge on any atom is -0.450 e. The Morgan fingerprint density at radius 3 is 1.70 bits per heavy atom. The van der Waals surface area contributed by atoms with Gasteiger partial charge in [0, 0.05) is 0 Å². The van der Waals surface area contributed by atoms with E-state index >= 15 is 0 Å². The zero-order chi connectivity index (χ0) is 18.3. The third kappa shape index (κ3) is 19.0. The molecule has 0 aromatic rings. The second kappa shape index (κ2) is 14.0. The molecule has 0 spiro atoms. The molecule has 0 saturated carbocycles. The van der Waals surface area contributed by atoms with Crippen LogP contribution in [0.5, 0.6) is 0 Å². The first-order chi connectivity index (χ1) is 10.7. The Bertz CT molecular complexity index is 362. The van der Waals surface area contributed by atoms with E-state index in [0.29, 0.717) is 0 Å². The number of hydrogen-bond donors (Lipinski definition) is 2. The van der Waals surface area contributed by atoms with Crippen LogP contribution in [0.3, 0.4) is 0 Å². The number of carbonyl (C=O) groups excluding carboxylic acids is 2. The third-order valence-electron chi connectivity index (χ3n) is 1.42. The molecular formula is C10H15FO12. The zero-order valence-electron chi connectivity index (χ0n) is 12.1. The summed E-state index contributed by atoms with van der Waals surface area (Å²) in [5.74, 6) is 0. The first kappa shape index (κ1) is 22.3. The van der Waals surface area contributed by atoms with Gasteiger partial charge in [0.1, 0.15) is 13.2 Å². The van der Waals surface area contributed by atoms with Crippen molar-refractivity contribution in [2.45, 2.75) is 6.36 Å². The lowest BCUT2D eigenvalue weighted by Gasteiger charge is -1.98. The van der Waals surface area contributed by atoms with Gasteiger partial charge in [0.05, 0.1) is 14.2 Å². The van der Waals surface area contributed by atoms with Crippen molar-refractivity contribution in [3.05, 3.63) is 0 Å². The van der Waals surface area contributed by atoms with E-state index < -0.39 is 31.0 Å². The summed E-state index contributed by atoms with van der Waals surface area (Å²) >= 11 is 0. The van der Waals surface area contributed by atoms with Crippen molar-refractivity contribution in [2.75, 3.05) is 34.0 Å².